The molecule has 0 spiro atoms. The highest BCUT2D eigenvalue weighted by molar-refractivity contribution is 14.1. The van der Waals surface area contributed by atoms with Crippen LogP contribution in [0.3, 0.4) is 0 Å². The lowest BCUT2D eigenvalue weighted by Gasteiger charge is -2.18. The smallest absolute Gasteiger partial charge is 0.337 e. The minimum atomic E-state index is -1.07. The summed E-state index contributed by atoms with van der Waals surface area (Å²) >= 11 is 3.60. The predicted molar refractivity (Wildman–Crippen MR) is 90.9 cm³/mol. The molecule has 110 valence electrons. The van der Waals surface area contributed by atoms with Crippen LogP contribution in [-0.4, -0.2) is 29.1 Å². The van der Waals surface area contributed by atoms with Crippen molar-refractivity contribution in [1.29, 1.82) is 0 Å². The van der Waals surface area contributed by atoms with E-state index in [4.69, 9.17) is 0 Å². The van der Waals surface area contributed by atoms with Crippen LogP contribution in [-0.2, 0) is 6.54 Å². The summed E-state index contributed by atoms with van der Waals surface area (Å²) < 4.78 is 0.801. The number of carboxylic acid groups (broad SMARTS) is 1. The first-order valence-electron chi connectivity index (χ1n) is 6.03. The normalized spacial score (nSPS) is 10.2. The number of anilines is 1. The van der Waals surface area contributed by atoms with Crippen LogP contribution in [0.2, 0.25) is 0 Å². The number of nitrogens with zero attached hydrogens (tertiary/aromatic N) is 1. The summed E-state index contributed by atoms with van der Waals surface area (Å²) in [5, 5.41) is 15.7. The van der Waals surface area contributed by atoms with Crippen molar-refractivity contribution >= 4 is 51.6 Å². The van der Waals surface area contributed by atoms with Gasteiger partial charge in [-0.15, -0.1) is 0 Å². The first kappa shape index (κ1) is 15.8. The van der Waals surface area contributed by atoms with Gasteiger partial charge in [0.2, 0.25) is 0 Å². The predicted octanol–water partition coefficient (Wildman–Crippen LogP) is 3.71. The maximum Gasteiger partial charge on any atom is 0.337 e. The number of rotatable bonds is 4. The van der Waals surface area contributed by atoms with E-state index in [1.54, 1.807) is 30.5 Å². The second kappa shape index (κ2) is 6.90. The molecule has 2 aromatic rings. The Bertz CT molecular complexity index is 658. The zero-order valence-corrected chi connectivity index (χ0v) is 14.1. The molecular weight excluding hydrogens is 403 g/mol. The maximum atomic E-state index is 12.1. The van der Waals surface area contributed by atoms with Crippen molar-refractivity contribution in [2.45, 2.75) is 6.54 Å². The molecule has 0 aliphatic rings. The second-order valence-corrected chi connectivity index (χ2v) is 6.44. The minimum Gasteiger partial charge on any atom is -0.478 e. The number of carbonyl (C=O) groups excluding carboxylic acids is 1. The van der Waals surface area contributed by atoms with Crippen LogP contribution in [0.15, 0.2) is 35.0 Å². The maximum absolute atomic E-state index is 12.1. The number of carboxylic acids is 1. The summed E-state index contributed by atoms with van der Waals surface area (Å²) in [7, 11) is 1.67. The zero-order valence-electron chi connectivity index (χ0n) is 11.2. The van der Waals surface area contributed by atoms with Crippen molar-refractivity contribution in [3.8, 4) is 0 Å². The number of amides is 2. The van der Waals surface area contributed by atoms with Crippen molar-refractivity contribution < 1.29 is 14.7 Å². The third-order valence-electron chi connectivity index (χ3n) is 2.80. The Morgan fingerprint density at radius 2 is 2.14 bits per heavy atom. The highest BCUT2D eigenvalue weighted by Gasteiger charge is 2.15. The van der Waals surface area contributed by atoms with E-state index in [0.717, 1.165) is 9.13 Å². The standard InChI is InChI=1S/C14H13IN2O3S/c1-17(7-9-4-5-21-8-9)14(20)16-12-3-2-10(15)6-11(12)13(18)19/h2-6,8H,7H2,1H3,(H,16,20)(H,18,19). The van der Waals surface area contributed by atoms with Gasteiger partial charge in [-0.2, -0.15) is 11.3 Å². The molecule has 0 bridgehead atoms. The summed E-state index contributed by atoms with van der Waals surface area (Å²) in [4.78, 5) is 24.8. The van der Waals surface area contributed by atoms with Crippen LogP contribution in [0.5, 0.6) is 0 Å². The highest BCUT2D eigenvalue weighted by atomic mass is 127. The summed E-state index contributed by atoms with van der Waals surface area (Å²) in [6.45, 7) is 0.474. The number of nitrogens with one attached hydrogen (secondary N) is 1. The molecule has 0 aliphatic heterocycles. The van der Waals surface area contributed by atoms with Gasteiger partial charge in [0.1, 0.15) is 0 Å². The number of hydrogen-bond acceptors (Lipinski definition) is 3. The van der Waals surface area contributed by atoms with Gasteiger partial charge in [-0.1, -0.05) is 0 Å². The van der Waals surface area contributed by atoms with Crippen molar-refractivity contribution in [3.63, 3.8) is 0 Å². The SMILES string of the molecule is CN(Cc1ccsc1)C(=O)Nc1ccc(I)cc1C(=O)O. The first-order chi connectivity index (χ1) is 9.97. The first-order valence-corrected chi connectivity index (χ1v) is 8.05. The van der Waals surface area contributed by atoms with Crippen LogP contribution < -0.4 is 5.32 Å². The topological polar surface area (TPSA) is 69.6 Å². The summed E-state index contributed by atoms with van der Waals surface area (Å²) in [6.07, 6.45) is 0. The van der Waals surface area contributed by atoms with Crippen LogP contribution in [0.1, 0.15) is 15.9 Å². The zero-order chi connectivity index (χ0) is 15.4. The number of thiophene rings is 1. The second-order valence-electron chi connectivity index (χ2n) is 4.41. The molecule has 1 aromatic heterocycles. The van der Waals surface area contributed by atoms with Gasteiger partial charge >= 0.3 is 12.0 Å². The largest absolute Gasteiger partial charge is 0.478 e. The molecule has 0 aliphatic carbocycles. The summed E-state index contributed by atoms with van der Waals surface area (Å²) in [6, 6.07) is 6.48. The average Bonchev–Trinajstić information content (AvgIpc) is 2.93. The molecule has 0 fully saturated rings. The lowest BCUT2D eigenvalue weighted by molar-refractivity contribution is 0.0698. The number of benzene rings is 1. The Kier molecular flexibility index (Phi) is 5.18. The van der Waals surface area contributed by atoms with Gasteiger partial charge in [0, 0.05) is 17.2 Å². The van der Waals surface area contributed by atoms with Gasteiger partial charge in [-0.05, 0) is 63.2 Å². The van der Waals surface area contributed by atoms with Crippen LogP contribution >= 0.6 is 33.9 Å². The fourth-order valence-electron chi connectivity index (χ4n) is 1.74. The Labute approximate surface area is 139 Å². The number of halogens is 1. The third-order valence-corrected chi connectivity index (χ3v) is 4.20. The van der Waals surface area contributed by atoms with Crippen LogP contribution in [0.4, 0.5) is 10.5 Å². The Balaban J connectivity index is 2.10. The van der Waals surface area contributed by atoms with E-state index < -0.39 is 5.97 Å². The number of urea groups is 1. The Hall–Kier alpha value is -1.61. The number of aromatic carboxylic acids is 1. The quantitative estimate of drug-likeness (QED) is 0.747. The van der Waals surface area contributed by atoms with Gasteiger partial charge < -0.3 is 15.3 Å². The van der Waals surface area contributed by atoms with Crippen molar-refractivity contribution in [1.82, 2.24) is 4.90 Å². The Morgan fingerprint density at radius 3 is 2.76 bits per heavy atom. The molecule has 7 heteroatoms. The molecule has 1 aromatic carbocycles. The average molecular weight is 416 g/mol. The molecule has 0 saturated heterocycles. The van der Waals surface area contributed by atoms with Crippen molar-refractivity contribution in [3.05, 3.63) is 49.7 Å². The molecule has 0 unspecified atom stereocenters. The molecule has 2 rings (SSSR count). The van der Waals surface area contributed by atoms with Gasteiger partial charge in [0.25, 0.3) is 0 Å². The lowest BCUT2D eigenvalue weighted by atomic mass is 10.2. The molecular formula is C14H13IN2O3S. The minimum absolute atomic E-state index is 0.0826. The molecule has 21 heavy (non-hydrogen) atoms. The van der Waals surface area contributed by atoms with Crippen LogP contribution in [0.25, 0.3) is 0 Å². The van der Waals surface area contributed by atoms with E-state index in [0.29, 0.717) is 12.2 Å². The third kappa shape index (κ3) is 4.18. The molecule has 0 atom stereocenters. The van der Waals surface area contributed by atoms with Crippen molar-refractivity contribution in [2.75, 3.05) is 12.4 Å². The van der Waals surface area contributed by atoms with E-state index in [-0.39, 0.29) is 11.6 Å². The number of hydrogen-bond donors (Lipinski definition) is 2. The van der Waals surface area contributed by atoms with E-state index in [9.17, 15) is 14.7 Å². The molecule has 0 radical (unpaired) electrons. The monoisotopic (exact) mass is 416 g/mol. The fourth-order valence-corrected chi connectivity index (χ4v) is 2.89. The van der Waals surface area contributed by atoms with Gasteiger partial charge in [0.05, 0.1) is 11.3 Å². The summed E-state index contributed by atoms with van der Waals surface area (Å²) in [5.41, 5.74) is 1.42. The van der Waals surface area contributed by atoms with E-state index >= 15 is 0 Å². The van der Waals surface area contributed by atoms with Crippen LogP contribution in [0, 0.1) is 3.57 Å². The van der Waals surface area contributed by atoms with Gasteiger partial charge in [0.15, 0.2) is 0 Å². The molecule has 2 N–H and O–H groups in total. The van der Waals surface area contributed by atoms with E-state index in [1.165, 1.54) is 11.0 Å². The van der Waals surface area contributed by atoms with Gasteiger partial charge in [-0.3, -0.25) is 0 Å². The molecule has 5 nitrogen and oxygen atoms in total. The lowest BCUT2D eigenvalue weighted by Crippen LogP contribution is -2.31. The number of carbonyl (C=O) groups is 2. The van der Waals surface area contributed by atoms with Crippen molar-refractivity contribution in [2.24, 2.45) is 0 Å². The fraction of sp³-hybridized carbons (Fsp3) is 0.143. The summed E-state index contributed by atoms with van der Waals surface area (Å²) in [5.74, 6) is -1.07. The molecule has 0 saturated carbocycles. The Morgan fingerprint density at radius 1 is 1.38 bits per heavy atom. The van der Waals surface area contributed by atoms with E-state index in [2.05, 4.69) is 5.32 Å². The highest BCUT2D eigenvalue weighted by Crippen LogP contribution is 2.19. The van der Waals surface area contributed by atoms with Gasteiger partial charge in [-0.25, -0.2) is 9.59 Å². The molecule has 2 amide bonds. The van der Waals surface area contributed by atoms with E-state index in [1.807, 2.05) is 39.4 Å². The molecule has 1 heterocycles.